The summed E-state index contributed by atoms with van der Waals surface area (Å²) in [4.78, 5) is 21.7. The van der Waals surface area contributed by atoms with Crippen LogP contribution in [-0.2, 0) is 14.3 Å². The fourth-order valence-corrected chi connectivity index (χ4v) is 2.19. The molecule has 6 nitrogen and oxygen atoms in total. The molecule has 0 aromatic heterocycles. The summed E-state index contributed by atoms with van der Waals surface area (Å²) in [7, 11) is 1.34. The third-order valence-electron chi connectivity index (χ3n) is 3.45. The average molecular weight is 259 g/mol. The predicted molar refractivity (Wildman–Crippen MR) is 64.0 cm³/mol. The lowest BCUT2D eigenvalue weighted by Gasteiger charge is -2.34. The van der Waals surface area contributed by atoms with Crippen LogP contribution in [0.3, 0.4) is 0 Å². The topological polar surface area (TPSA) is 95.9 Å². The van der Waals surface area contributed by atoms with Crippen molar-refractivity contribution in [1.82, 2.24) is 5.32 Å². The molecular formula is C12H21NO5. The lowest BCUT2D eigenvalue weighted by Crippen LogP contribution is -2.44. The predicted octanol–water partition coefficient (Wildman–Crippen LogP) is 0.145. The van der Waals surface area contributed by atoms with Gasteiger partial charge in [0.15, 0.2) is 0 Å². The van der Waals surface area contributed by atoms with Gasteiger partial charge in [0.05, 0.1) is 25.0 Å². The number of nitrogens with one attached hydrogen (secondary N) is 1. The standard InChI is InChI=1S/C12H21NO5/c1-18-10(14)4-7-13-8-12(17)5-2-9(3-6-12)11(15)16/h9,13,17H,2-8H2,1H3,(H,15,16). The molecule has 0 unspecified atom stereocenters. The Morgan fingerprint density at radius 3 is 2.50 bits per heavy atom. The highest BCUT2D eigenvalue weighted by molar-refractivity contribution is 5.70. The van der Waals surface area contributed by atoms with Crippen molar-refractivity contribution in [3.63, 3.8) is 0 Å². The number of carbonyl (C=O) groups is 2. The fraction of sp³-hybridized carbons (Fsp3) is 0.833. The molecule has 104 valence electrons. The zero-order valence-corrected chi connectivity index (χ0v) is 10.6. The van der Waals surface area contributed by atoms with Gasteiger partial charge < -0.3 is 20.3 Å². The van der Waals surface area contributed by atoms with E-state index in [9.17, 15) is 14.7 Å². The second-order valence-corrected chi connectivity index (χ2v) is 4.84. The molecule has 3 N–H and O–H groups in total. The third kappa shape index (κ3) is 4.62. The van der Waals surface area contributed by atoms with E-state index in [2.05, 4.69) is 10.1 Å². The van der Waals surface area contributed by atoms with E-state index in [1.165, 1.54) is 7.11 Å². The Bertz CT molecular complexity index is 297. The van der Waals surface area contributed by atoms with Crippen molar-refractivity contribution in [3.05, 3.63) is 0 Å². The van der Waals surface area contributed by atoms with Crippen LogP contribution < -0.4 is 5.32 Å². The van der Waals surface area contributed by atoms with Gasteiger partial charge >= 0.3 is 11.9 Å². The van der Waals surface area contributed by atoms with Crippen molar-refractivity contribution in [2.75, 3.05) is 20.2 Å². The Hall–Kier alpha value is -1.14. The van der Waals surface area contributed by atoms with E-state index in [1.807, 2.05) is 0 Å². The fourth-order valence-electron chi connectivity index (χ4n) is 2.19. The first-order chi connectivity index (χ1) is 8.47. The Morgan fingerprint density at radius 2 is 2.00 bits per heavy atom. The van der Waals surface area contributed by atoms with E-state index in [0.717, 1.165) is 0 Å². The van der Waals surface area contributed by atoms with Gasteiger partial charge in [-0.3, -0.25) is 9.59 Å². The number of carboxylic acid groups (broad SMARTS) is 1. The molecule has 0 amide bonds. The van der Waals surface area contributed by atoms with Crippen LogP contribution in [0.15, 0.2) is 0 Å². The maximum Gasteiger partial charge on any atom is 0.306 e. The highest BCUT2D eigenvalue weighted by atomic mass is 16.5. The van der Waals surface area contributed by atoms with Gasteiger partial charge in [-0.15, -0.1) is 0 Å². The van der Waals surface area contributed by atoms with Crippen molar-refractivity contribution in [1.29, 1.82) is 0 Å². The van der Waals surface area contributed by atoms with Crippen molar-refractivity contribution in [2.45, 2.75) is 37.7 Å². The molecule has 0 aromatic carbocycles. The summed E-state index contributed by atoms with van der Waals surface area (Å²) in [6.07, 6.45) is 2.24. The van der Waals surface area contributed by atoms with E-state index in [4.69, 9.17) is 5.11 Å². The highest BCUT2D eigenvalue weighted by Crippen LogP contribution is 2.31. The Kier molecular flexibility index (Phi) is 5.55. The summed E-state index contributed by atoms with van der Waals surface area (Å²) < 4.78 is 4.50. The molecule has 0 saturated heterocycles. The van der Waals surface area contributed by atoms with Crippen LogP contribution in [0, 0.1) is 5.92 Å². The Labute approximate surface area is 106 Å². The molecule has 0 atom stereocenters. The molecule has 1 saturated carbocycles. The maximum absolute atomic E-state index is 10.9. The van der Waals surface area contributed by atoms with Crippen LogP contribution in [0.25, 0.3) is 0 Å². The molecule has 0 spiro atoms. The second kappa shape index (κ2) is 6.70. The molecule has 1 rings (SSSR count). The van der Waals surface area contributed by atoms with Gasteiger partial charge in [-0.1, -0.05) is 0 Å². The molecule has 0 aliphatic heterocycles. The normalized spacial score (nSPS) is 27.8. The molecule has 1 aliphatic rings. The molecule has 18 heavy (non-hydrogen) atoms. The number of carbonyl (C=O) groups excluding carboxylic acids is 1. The zero-order valence-electron chi connectivity index (χ0n) is 10.6. The number of hydrogen-bond donors (Lipinski definition) is 3. The first kappa shape index (κ1) is 14.9. The quantitative estimate of drug-likeness (QED) is 0.464. The van der Waals surface area contributed by atoms with E-state index >= 15 is 0 Å². The van der Waals surface area contributed by atoms with E-state index in [-0.39, 0.29) is 18.3 Å². The highest BCUT2D eigenvalue weighted by Gasteiger charge is 2.35. The van der Waals surface area contributed by atoms with Crippen LogP contribution in [0.2, 0.25) is 0 Å². The number of aliphatic carboxylic acids is 1. The summed E-state index contributed by atoms with van der Waals surface area (Å²) in [5, 5.41) is 22.1. The lowest BCUT2D eigenvalue weighted by molar-refractivity contribution is -0.145. The molecule has 0 aromatic rings. The van der Waals surface area contributed by atoms with Gasteiger partial charge in [0.2, 0.25) is 0 Å². The summed E-state index contributed by atoms with van der Waals surface area (Å²) in [5.74, 6) is -1.40. The molecule has 0 bridgehead atoms. The SMILES string of the molecule is COC(=O)CCNCC1(O)CCC(C(=O)O)CC1. The molecule has 0 radical (unpaired) electrons. The molecule has 0 heterocycles. The van der Waals surface area contributed by atoms with Crippen LogP contribution in [-0.4, -0.2) is 48.0 Å². The monoisotopic (exact) mass is 259 g/mol. The molecule has 6 heteroatoms. The minimum absolute atomic E-state index is 0.268. The minimum atomic E-state index is -0.845. The first-order valence-corrected chi connectivity index (χ1v) is 6.19. The van der Waals surface area contributed by atoms with Gasteiger partial charge in [0.1, 0.15) is 0 Å². The van der Waals surface area contributed by atoms with Crippen molar-refractivity contribution in [3.8, 4) is 0 Å². The number of methoxy groups -OCH3 is 1. The van der Waals surface area contributed by atoms with Gasteiger partial charge in [0, 0.05) is 13.1 Å². The van der Waals surface area contributed by atoms with Crippen LogP contribution in [0.5, 0.6) is 0 Å². The van der Waals surface area contributed by atoms with E-state index < -0.39 is 11.6 Å². The third-order valence-corrected chi connectivity index (χ3v) is 3.45. The molecular weight excluding hydrogens is 238 g/mol. The number of esters is 1. The Balaban J connectivity index is 2.22. The molecule has 1 fully saturated rings. The van der Waals surface area contributed by atoms with E-state index in [1.54, 1.807) is 0 Å². The number of carboxylic acids is 1. The average Bonchev–Trinajstić information content (AvgIpc) is 2.35. The maximum atomic E-state index is 10.9. The van der Waals surface area contributed by atoms with Crippen LogP contribution in [0.4, 0.5) is 0 Å². The van der Waals surface area contributed by atoms with E-state index in [0.29, 0.717) is 38.8 Å². The van der Waals surface area contributed by atoms with Gasteiger partial charge in [-0.25, -0.2) is 0 Å². The number of aliphatic hydroxyl groups is 1. The number of hydrogen-bond acceptors (Lipinski definition) is 5. The number of rotatable bonds is 6. The smallest absolute Gasteiger partial charge is 0.306 e. The summed E-state index contributed by atoms with van der Waals surface area (Å²) >= 11 is 0. The minimum Gasteiger partial charge on any atom is -0.481 e. The molecule has 1 aliphatic carbocycles. The summed E-state index contributed by atoms with van der Waals surface area (Å²) in [6, 6.07) is 0. The van der Waals surface area contributed by atoms with Gasteiger partial charge in [-0.05, 0) is 25.7 Å². The van der Waals surface area contributed by atoms with Crippen molar-refractivity contribution < 1.29 is 24.5 Å². The van der Waals surface area contributed by atoms with Gasteiger partial charge in [0.25, 0.3) is 0 Å². The van der Waals surface area contributed by atoms with Crippen LogP contribution in [0.1, 0.15) is 32.1 Å². The van der Waals surface area contributed by atoms with Crippen molar-refractivity contribution >= 4 is 11.9 Å². The lowest BCUT2D eigenvalue weighted by atomic mass is 9.79. The summed E-state index contributed by atoms with van der Waals surface area (Å²) in [6.45, 7) is 0.841. The first-order valence-electron chi connectivity index (χ1n) is 6.19. The van der Waals surface area contributed by atoms with Crippen LogP contribution >= 0.6 is 0 Å². The van der Waals surface area contributed by atoms with Crippen molar-refractivity contribution in [2.24, 2.45) is 5.92 Å². The van der Waals surface area contributed by atoms with Gasteiger partial charge in [-0.2, -0.15) is 0 Å². The Morgan fingerprint density at radius 1 is 1.39 bits per heavy atom. The zero-order chi connectivity index (χ0) is 13.6. The number of ether oxygens (including phenoxy) is 1. The summed E-state index contributed by atoms with van der Waals surface area (Å²) in [5.41, 5.74) is -0.845. The second-order valence-electron chi connectivity index (χ2n) is 4.84. The largest absolute Gasteiger partial charge is 0.481 e.